The van der Waals surface area contributed by atoms with Crippen molar-refractivity contribution < 1.29 is 14.3 Å². The molecule has 5 heteroatoms. The Hall–Kier alpha value is -2.27. The third kappa shape index (κ3) is 4.86. The maximum atomic E-state index is 12.1. The third-order valence-corrected chi connectivity index (χ3v) is 3.54. The first-order chi connectivity index (χ1) is 11.1. The predicted octanol–water partition coefficient (Wildman–Crippen LogP) is 4.51. The fourth-order valence-electron chi connectivity index (χ4n) is 2.03. The number of hydrogen-bond donors (Lipinski definition) is 1. The molecule has 23 heavy (non-hydrogen) atoms. The maximum absolute atomic E-state index is 12.1. The van der Waals surface area contributed by atoms with Gasteiger partial charge in [-0.1, -0.05) is 28.1 Å². The number of benzene rings is 2. The number of anilines is 1. The van der Waals surface area contributed by atoms with E-state index < -0.39 is 0 Å². The van der Waals surface area contributed by atoms with E-state index in [0.717, 1.165) is 10.0 Å². The van der Waals surface area contributed by atoms with E-state index >= 15 is 0 Å². The summed E-state index contributed by atoms with van der Waals surface area (Å²) in [5, 5.41) is 2.81. The van der Waals surface area contributed by atoms with Crippen LogP contribution in [0.1, 0.15) is 12.5 Å². The first kappa shape index (κ1) is 17.1. The predicted molar refractivity (Wildman–Crippen MR) is 96.0 cm³/mol. The fourth-order valence-corrected chi connectivity index (χ4v) is 2.41. The van der Waals surface area contributed by atoms with Crippen LogP contribution in [0, 0.1) is 0 Å². The van der Waals surface area contributed by atoms with Crippen molar-refractivity contribution in [1.29, 1.82) is 0 Å². The minimum atomic E-state index is -0.237. The standard InChI is InChI=1S/C18H18BrNO3/c1-3-23-17-7-5-4-6-15(17)20-18(21)11-8-13-12-14(19)9-10-16(13)22-2/h4-12H,3H2,1-2H3,(H,20,21)/b11-8+. The number of rotatable bonds is 6. The van der Waals surface area contributed by atoms with Crippen LogP contribution in [0.5, 0.6) is 11.5 Å². The number of ether oxygens (including phenoxy) is 2. The normalized spacial score (nSPS) is 10.6. The average molecular weight is 376 g/mol. The summed E-state index contributed by atoms with van der Waals surface area (Å²) in [4.78, 5) is 12.1. The zero-order valence-corrected chi connectivity index (χ0v) is 14.6. The van der Waals surface area contributed by atoms with Gasteiger partial charge in [0.05, 0.1) is 19.4 Å². The van der Waals surface area contributed by atoms with Crippen molar-refractivity contribution in [3.63, 3.8) is 0 Å². The van der Waals surface area contributed by atoms with Crippen molar-refractivity contribution in [3.05, 3.63) is 58.6 Å². The Morgan fingerprint density at radius 2 is 2.00 bits per heavy atom. The minimum absolute atomic E-state index is 0.237. The van der Waals surface area contributed by atoms with Gasteiger partial charge in [0.15, 0.2) is 0 Å². The Labute approximate surface area is 144 Å². The van der Waals surface area contributed by atoms with E-state index in [-0.39, 0.29) is 5.91 Å². The number of carbonyl (C=O) groups excluding carboxylic acids is 1. The van der Waals surface area contributed by atoms with Gasteiger partial charge in [-0.2, -0.15) is 0 Å². The van der Waals surface area contributed by atoms with Gasteiger partial charge in [0.2, 0.25) is 5.91 Å². The minimum Gasteiger partial charge on any atom is -0.496 e. The first-order valence-electron chi connectivity index (χ1n) is 7.18. The van der Waals surface area contributed by atoms with Crippen LogP contribution in [0.15, 0.2) is 53.0 Å². The molecular formula is C18H18BrNO3. The van der Waals surface area contributed by atoms with E-state index in [9.17, 15) is 4.79 Å². The van der Waals surface area contributed by atoms with Gasteiger partial charge in [-0.25, -0.2) is 0 Å². The molecule has 120 valence electrons. The molecule has 0 fully saturated rings. The van der Waals surface area contributed by atoms with E-state index in [2.05, 4.69) is 21.2 Å². The zero-order valence-electron chi connectivity index (χ0n) is 13.0. The highest BCUT2D eigenvalue weighted by molar-refractivity contribution is 9.10. The molecular weight excluding hydrogens is 358 g/mol. The van der Waals surface area contributed by atoms with E-state index in [0.29, 0.717) is 23.8 Å². The molecule has 0 bridgehead atoms. The molecule has 1 amide bonds. The summed E-state index contributed by atoms with van der Waals surface area (Å²) in [6.45, 7) is 2.44. The molecule has 4 nitrogen and oxygen atoms in total. The van der Waals surface area contributed by atoms with E-state index in [1.165, 1.54) is 6.08 Å². The number of para-hydroxylation sites is 2. The number of nitrogens with one attached hydrogen (secondary N) is 1. The Kier molecular flexibility index (Phi) is 6.23. The topological polar surface area (TPSA) is 47.6 Å². The van der Waals surface area contributed by atoms with Crippen molar-refractivity contribution in [3.8, 4) is 11.5 Å². The number of methoxy groups -OCH3 is 1. The molecule has 2 rings (SSSR count). The van der Waals surface area contributed by atoms with E-state index in [4.69, 9.17) is 9.47 Å². The van der Waals surface area contributed by atoms with Gasteiger partial charge < -0.3 is 14.8 Å². The molecule has 0 aliphatic carbocycles. The van der Waals surface area contributed by atoms with Gasteiger partial charge in [0, 0.05) is 16.1 Å². The molecule has 0 aliphatic heterocycles. The van der Waals surface area contributed by atoms with Crippen LogP contribution in [-0.4, -0.2) is 19.6 Å². The van der Waals surface area contributed by atoms with Crippen LogP contribution in [0.3, 0.4) is 0 Å². The second-order valence-electron chi connectivity index (χ2n) is 4.64. The quantitative estimate of drug-likeness (QED) is 0.755. The highest BCUT2D eigenvalue weighted by Gasteiger charge is 2.06. The second-order valence-corrected chi connectivity index (χ2v) is 5.55. The number of halogens is 1. The van der Waals surface area contributed by atoms with Gasteiger partial charge in [0.1, 0.15) is 11.5 Å². The molecule has 0 saturated carbocycles. The molecule has 0 heterocycles. The molecule has 2 aromatic carbocycles. The lowest BCUT2D eigenvalue weighted by Crippen LogP contribution is -2.09. The largest absolute Gasteiger partial charge is 0.496 e. The fraction of sp³-hybridized carbons (Fsp3) is 0.167. The Bertz CT molecular complexity index is 713. The van der Waals surface area contributed by atoms with Crippen LogP contribution in [0.2, 0.25) is 0 Å². The van der Waals surface area contributed by atoms with Crippen molar-refractivity contribution in [2.75, 3.05) is 19.0 Å². The van der Waals surface area contributed by atoms with Gasteiger partial charge in [0.25, 0.3) is 0 Å². The molecule has 0 radical (unpaired) electrons. The van der Waals surface area contributed by atoms with Crippen LogP contribution in [0.25, 0.3) is 6.08 Å². The van der Waals surface area contributed by atoms with Crippen LogP contribution < -0.4 is 14.8 Å². The number of amides is 1. The van der Waals surface area contributed by atoms with Crippen molar-refractivity contribution in [2.24, 2.45) is 0 Å². The SMILES string of the molecule is CCOc1ccccc1NC(=O)/C=C/c1cc(Br)ccc1OC. The smallest absolute Gasteiger partial charge is 0.248 e. The van der Waals surface area contributed by atoms with Crippen LogP contribution in [0.4, 0.5) is 5.69 Å². The summed E-state index contributed by atoms with van der Waals surface area (Å²) < 4.78 is 11.7. The molecule has 0 aliphatic rings. The molecule has 0 spiro atoms. The third-order valence-electron chi connectivity index (χ3n) is 3.05. The van der Waals surface area contributed by atoms with Crippen molar-refractivity contribution in [1.82, 2.24) is 0 Å². The summed E-state index contributed by atoms with van der Waals surface area (Å²) in [6.07, 6.45) is 3.18. The number of carbonyl (C=O) groups is 1. The van der Waals surface area contributed by atoms with Crippen molar-refractivity contribution in [2.45, 2.75) is 6.92 Å². The summed E-state index contributed by atoms with van der Waals surface area (Å²) in [7, 11) is 1.60. The van der Waals surface area contributed by atoms with E-state index in [1.54, 1.807) is 19.3 Å². The maximum Gasteiger partial charge on any atom is 0.248 e. The second kappa shape index (κ2) is 8.39. The molecule has 0 atom stereocenters. The molecule has 0 saturated heterocycles. The van der Waals surface area contributed by atoms with E-state index in [1.807, 2.05) is 43.3 Å². The molecule has 0 aromatic heterocycles. The summed E-state index contributed by atoms with van der Waals surface area (Å²) >= 11 is 3.41. The van der Waals surface area contributed by atoms with Gasteiger partial charge in [-0.05, 0) is 43.3 Å². The molecule has 1 N–H and O–H groups in total. The molecule has 0 unspecified atom stereocenters. The van der Waals surface area contributed by atoms with Gasteiger partial charge >= 0.3 is 0 Å². The Balaban J connectivity index is 2.12. The van der Waals surface area contributed by atoms with Gasteiger partial charge in [-0.3, -0.25) is 4.79 Å². The molecule has 2 aromatic rings. The summed E-state index contributed by atoms with van der Waals surface area (Å²) in [5.41, 5.74) is 1.46. The first-order valence-corrected chi connectivity index (χ1v) is 7.97. The number of hydrogen-bond acceptors (Lipinski definition) is 3. The van der Waals surface area contributed by atoms with Crippen molar-refractivity contribution >= 4 is 33.6 Å². The van der Waals surface area contributed by atoms with Crippen LogP contribution in [-0.2, 0) is 4.79 Å². The highest BCUT2D eigenvalue weighted by atomic mass is 79.9. The lowest BCUT2D eigenvalue weighted by atomic mass is 10.2. The highest BCUT2D eigenvalue weighted by Crippen LogP contribution is 2.25. The monoisotopic (exact) mass is 375 g/mol. The average Bonchev–Trinajstić information content (AvgIpc) is 2.55. The Morgan fingerprint density at radius 3 is 2.74 bits per heavy atom. The summed E-state index contributed by atoms with van der Waals surface area (Å²) in [5.74, 6) is 1.11. The lowest BCUT2D eigenvalue weighted by Gasteiger charge is -2.10. The zero-order chi connectivity index (χ0) is 16.7. The Morgan fingerprint density at radius 1 is 1.22 bits per heavy atom. The van der Waals surface area contributed by atoms with Crippen LogP contribution >= 0.6 is 15.9 Å². The lowest BCUT2D eigenvalue weighted by molar-refractivity contribution is -0.111. The summed E-state index contributed by atoms with van der Waals surface area (Å²) in [6, 6.07) is 12.9. The van der Waals surface area contributed by atoms with Gasteiger partial charge in [-0.15, -0.1) is 0 Å².